The van der Waals surface area contributed by atoms with E-state index in [2.05, 4.69) is 10.6 Å². The number of phenols is 1. The van der Waals surface area contributed by atoms with Gasteiger partial charge in [-0.2, -0.15) is 0 Å². The van der Waals surface area contributed by atoms with Gasteiger partial charge in [-0.25, -0.2) is 4.79 Å². The number of aryl methyl sites for hydroxylation is 1. The van der Waals surface area contributed by atoms with Gasteiger partial charge < -0.3 is 30.1 Å². The van der Waals surface area contributed by atoms with Crippen LogP contribution in [-0.2, 0) is 14.3 Å². The fourth-order valence-corrected chi connectivity index (χ4v) is 3.02. The molecular formula is C24H31N3O6. The van der Waals surface area contributed by atoms with Crippen LogP contribution in [0.4, 0.5) is 10.5 Å². The summed E-state index contributed by atoms with van der Waals surface area (Å²) in [5, 5.41) is 15.1. The molecule has 1 atom stereocenters. The SMILES string of the molecule is COc1ccc(NC(=O)C(c2ccc(O)c(C)c2)N(C)C(=O)CNC(=O)OC(C)(C)C)cc1. The van der Waals surface area contributed by atoms with Crippen molar-refractivity contribution < 1.29 is 29.0 Å². The minimum absolute atomic E-state index is 0.0774. The summed E-state index contributed by atoms with van der Waals surface area (Å²) in [6.07, 6.45) is -0.732. The Morgan fingerprint density at radius 2 is 1.73 bits per heavy atom. The highest BCUT2D eigenvalue weighted by molar-refractivity contribution is 5.98. The van der Waals surface area contributed by atoms with Gasteiger partial charge in [0, 0.05) is 12.7 Å². The molecule has 0 bridgehead atoms. The van der Waals surface area contributed by atoms with Gasteiger partial charge in [0.05, 0.1) is 7.11 Å². The topological polar surface area (TPSA) is 117 Å². The van der Waals surface area contributed by atoms with Gasteiger partial charge in [-0.3, -0.25) is 9.59 Å². The molecule has 0 fully saturated rings. The molecule has 0 aliphatic rings. The van der Waals surface area contributed by atoms with Crippen LogP contribution >= 0.6 is 0 Å². The first-order chi connectivity index (χ1) is 15.4. The largest absolute Gasteiger partial charge is 0.508 e. The second-order valence-corrected chi connectivity index (χ2v) is 8.53. The summed E-state index contributed by atoms with van der Waals surface area (Å²) >= 11 is 0. The Hall–Kier alpha value is -3.75. The Labute approximate surface area is 193 Å². The van der Waals surface area contributed by atoms with Gasteiger partial charge in [-0.1, -0.05) is 6.07 Å². The van der Waals surface area contributed by atoms with Gasteiger partial charge >= 0.3 is 6.09 Å². The van der Waals surface area contributed by atoms with E-state index in [1.54, 1.807) is 71.2 Å². The molecule has 0 aromatic heterocycles. The number of hydrogen-bond donors (Lipinski definition) is 3. The first kappa shape index (κ1) is 25.5. The maximum absolute atomic E-state index is 13.2. The molecule has 0 spiro atoms. The molecule has 0 radical (unpaired) electrons. The van der Waals surface area contributed by atoms with Crippen LogP contribution in [0.2, 0.25) is 0 Å². The van der Waals surface area contributed by atoms with Gasteiger partial charge in [-0.15, -0.1) is 0 Å². The summed E-state index contributed by atoms with van der Waals surface area (Å²) in [6.45, 7) is 6.49. The lowest BCUT2D eigenvalue weighted by molar-refractivity contribution is -0.136. The fourth-order valence-electron chi connectivity index (χ4n) is 3.02. The van der Waals surface area contributed by atoms with Crippen LogP contribution in [0.25, 0.3) is 0 Å². The number of carbonyl (C=O) groups excluding carboxylic acids is 3. The maximum Gasteiger partial charge on any atom is 0.408 e. The number of alkyl carbamates (subject to hydrolysis) is 1. The van der Waals surface area contributed by atoms with Crippen molar-refractivity contribution >= 4 is 23.6 Å². The van der Waals surface area contributed by atoms with E-state index in [-0.39, 0.29) is 12.3 Å². The number of ether oxygens (including phenoxy) is 2. The van der Waals surface area contributed by atoms with E-state index < -0.39 is 29.6 Å². The monoisotopic (exact) mass is 457 g/mol. The van der Waals surface area contributed by atoms with E-state index in [9.17, 15) is 19.5 Å². The highest BCUT2D eigenvalue weighted by Gasteiger charge is 2.29. The number of hydrogen-bond acceptors (Lipinski definition) is 6. The Bertz CT molecular complexity index is 998. The number of rotatable bonds is 7. The van der Waals surface area contributed by atoms with Gasteiger partial charge in [0.25, 0.3) is 5.91 Å². The molecule has 3 amide bonds. The normalized spacial score (nSPS) is 11.8. The zero-order valence-corrected chi connectivity index (χ0v) is 19.8. The average molecular weight is 458 g/mol. The lowest BCUT2D eigenvalue weighted by Crippen LogP contribution is -2.44. The van der Waals surface area contributed by atoms with Crippen molar-refractivity contribution in [3.05, 3.63) is 53.6 Å². The van der Waals surface area contributed by atoms with E-state index in [0.29, 0.717) is 22.6 Å². The summed E-state index contributed by atoms with van der Waals surface area (Å²) < 4.78 is 10.3. The first-order valence-electron chi connectivity index (χ1n) is 10.4. The van der Waals surface area contributed by atoms with Crippen LogP contribution in [0, 0.1) is 6.92 Å². The van der Waals surface area contributed by atoms with E-state index in [0.717, 1.165) is 0 Å². The standard InChI is InChI=1S/C24H31N3O6/c1-15-13-16(7-12-19(15)28)21(22(30)26-17-8-10-18(32-6)11-9-17)27(5)20(29)14-25-23(31)33-24(2,3)4/h7-13,21,28H,14H2,1-6H3,(H,25,31)(H,26,30). The molecule has 0 aliphatic heterocycles. The van der Waals surface area contributed by atoms with E-state index >= 15 is 0 Å². The van der Waals surface area contributed by atoms with Crippen LogP contribution in [0.5, 0.6) is 11.5 Å². The zero-order valence-electron chi connectivity index (χ0n) is 19.8. The summed E-state index contributed by atoms with van der Waals surface area (Å²) in [6, 6.07) is 10.4. The minimum atomic E-state index is -1.01. The summed E-state index contributed by atoms with van der Waals surface area (Å²) in [7, 11) is 3.02. The van der Waals surface area contributed by atoms with Crippen LogP contribution in [0.15, 0.2) is 42.5 Å². The van der Waals surface area contributed by atoms with Crippen molar-refractivity contribution in [1.82, 2.24) is 10.2 Å². The molecule has 0 saturated heterocycles. The fraction of sp³-hybridized carbons (Fsp3) is 0.375. The molecule has 2 aromatic rings. The Morgan fingerprint density at radius 1 is 1.09 bits per heavy atom. The number of methoxy groups -OCH3 is 1. The van der Waals surface area contributed by atoms with Crippen LogP contribution < -0.4 is 15.4 Å². The third-order valence-electron chi connectivity index (χ3n) is 4.71. The third-order valence-corrected chi connectivity index (χ3v) is 4.71. The molecule has 0 aliphatic carbocycles. The number of aromatic hydroxyl groups is 1. The highest BCUT2D eigenvalue weighted by atomic mass is 16.6. The van der Waals surface area contributed by atoms with E-state index in [1.807, 2.05) is 0 Å². The molecule has 33 heavy (non-hydrogen) atoms. The summed E-state index contributed by atoms with van der Waals surface area (Å²) in [5.41, 5.74) is 0.879. The number of nitrogens with zero attached hydrogens (tertiary/aromatic N) is 1. The lowest BCUT2D eigenvalue weighted by Gasteiger charge is -2.28. The van der Waals surface area contributed by atoms with Crippen LogP contribution in [0.1, 0.15) is 37.9 Å². The quantitative estimate of drug-likeness (QED) is 0.587. The second-order valence-electron chi connectivity index (χ2n) is 8.53. The Kier molecular flexibility index (Phi) is 8.28. The van der Waals surface area contributed by atoms with E-state index in [1.165, 1.54) is 18.0 Å². The summed E-state index contributed by atoms with van der Waals surface area (Å²) in [4.78, 5) is 39.2. The molecule has 0 heterocycles. The second kappa shape index (κ2) is 10.7. The van der Waals surface area contributed by atoms with Crippen molar-refractivity contribution in [2.45, 2.75) is 39.3 Å². The van der Waals surface area contributed by atoms with Crippen molar-refractivity contribution in [3.63, 3.8) is 0 Å². The van der Waals surface area contributed by atoms with Crippen molar-refractivity contribution in [3.8, 4) is 11.5 Å². The predicted molar refractivity (Wildman–Crippen MR) is 124 cm³/mol. The van der Waals surface area contributed by atoms with Crippen LogP contribution in [0.3, 0.4) is 0 Å². The third kappa shape index (κ3) is 7.41. The molecule has 1 unspecified atom stereocenters. The predicted octanol–water partition coefficient (Wildman–Crippen LogP) is 3.37. The van der Waals surface area contributed by atoms with Crippen molar-refractivity contribution in [1.29, 1.82) is 0 Å². The van der Waals surface area contributed by atoms with Gasteiger partial charge in [0.1, 0.15) is 29.7 Å². The van der Waals surface area contributed by atoms with Gasteiger partial charge in [-0.05, 0) is 75.2 Å². The molecular weight excluding hydrogens is 426 g/mol. The number of carbonyl (C=O) groups is 3. The molecule has 2 aromatic carbocycles. The number of phenolic OH excluding ortho intramolecular Hbond substituents is 1. The smallest absolute Gasteiger partial charge is 0.408 e. The van der Waals surface area contributed by atoms with Crippen molar-refractivity contribution in [2.75, 3.05) is 26.0 Å². The number of likely N-dealkylation sites (N-methyl/N-ethyl adjacent to an activating group) is 1. The zero-order chi connectivity index (χ0) is 24.8. The minimum Gasteiger partial charge on any atom is -0.508 e. The molecule has 2 rings (SSSR count). The van der Waals surface area contributed by atoms with Gasteiger partial charge in [0.15, 0.2) is 0 Å². The van der Waals surface area contributed by atoms with Gasteiger partial charge in [0.2, 0.25) is 5.91 Å². The highest BCUT2D eigenvalue weighted by Crippen LogP contribution is 2.27. The molecule has 9 nitrogen and oxygen atoms in total. The number of anilines is 1. The van der Waals surface area contributed by atoms with Crippen molar-refractivity contribution in [2.24, 2.45) is 0 Å². The number of nitrogens with one attached hydrogen (secondary N) is 2. The summed E-state index contributed by atoms with van der Waals surface area (Å²) in [5.74, 6) is -0.243. The van der Waals surface area contributed by atoms with E-state index in [4.69, 9.17) is 9.47 Å². The molecule has 9 heteroatoms. The molecule has 0 saturated carbocycles. The number of amides is 3. The molecule has 3 N–H and O–H groups in total. The van der Waals surface area contributed by atoms with Crippen LogP contribution in [-0.4, -0.2) is 54.2 Å². The Morgan fingerprint density at radius 3 is 2.27 bits per heavy atom. The average Bonchev–Trinajstić information content (AvgIpc) is 2.74. The molecule has 178 valence electrons. The number of benzene rings is 2. The Balaban J connectivity index is 2.23. The first-order valence-corrected chi connectivity index (χ1v) is 10.4. The lowest BCUT2D eigenvalue weighted by atomic mass is 10.0. The maximum atomic E-state index is 13.2.